The molecule has 0 unspecified atom stereocenters. The molecule has 0 radical (unpaired) electrons. The minimum absolute atomic E-state index is 0.000314. The molecule has 1 aromatic carbocycles. The quantitative estimate of drug-likeness (QED) is 0.608. The molecule has 1 saturated heterocycles. The highest BCUT2D eigenvalue weighted by Gasteiger charge is 2.27. The lowest BCUT2D eigenvalue weighted by molar-refractivity contribution is 0.0698. The van der Waals surface area contributed by atoms with Crippen LogP contribution in [0.1, 0.15) is 71.6 Å². The number of pyridine rings is 1. The number of hydrogen-bond acceptors (Lipinski definition) is 6. The third kappa shape index (κ3) is 4.84. The Morgan fingerprint density at radius 3 is 2.55 bits per heavy atom. The SMILES string of the molecule is CCOc1ccc(C(=O)N2CCC(NC(=O)c3cc(C(C)C)nc4onc(C)c34)CC2)cc1. The maximum atomic E-state index is 13.2. The minimum Gasteiger partial charge on any atom is -0.494 e. The summed E-state index contributed by atoms with van der Waals surface area (Å²) in [6.45, 7) is 9.55. The van der Waals surface area contributed by atoms with Gasteiger partial charge in [0.15, 0.2) is 0 Å². The zero-order chi connectivity index (χ0) is 23.5. The summed E-state index contributed by atoms with van der Waals surface area (Å²) < 4.78 is 10.8. The van der Waals surface area contributed by atoms with Crippen LogP contribution in [0.3, 0.4) is 0 Å². The molecule has 0 spiro atoms. The highest BCUT2D eigenvalue weighted by molar-refractivity contribution is 6.06. The number of fused-ring (bicyclic) bond motifs is 1. The predicted octanol–water partition coefficient (Wildman–Crippen LogP) is 4.09. The molecule has 0 atom stereocenters. The van der Waals surface area contributed by atoms with Gasteiger partial charge in [-0.2, -0.15) is 0 Å². The number of nitrogens with one attached hydrogen (secondary N) is 1. The Balaban J connectivity index is 1.40. The zero-order valence-electron chi connectivity index (χ0n) is 19.6. The number of piperidine rings is 1. The lowest BCUT2D eigenvalue weighted by atomic mass is 10.0. The van der Waals surface area contributed by atoms with Gasteiger partial charge in [0, 0.05) is 30.4 Å². The third-order valence-electron chi connectivity index (χ3n) is 6.00. The van der Waals surface area contributed by atoms with Gasteiger partial charge in [-0.25, -0.2) is 4.98 Å². The molecule has 8 nitrogen and oxygen atoms in total. The van der Waals surface area contributed by atoms with Crippen molar-refractivity contribution in [2.24, 2.45) is 0 Å². The number of hydrogen-bond donors (Lipinski definition) is 1. The van der Waals surface area contributed by atoms with Crippen LogP contribution in [0.5, 0.6) is 5.75 Å². The summed E-state index contributed by atoms with van der Waals surface area (Å²) in [5.74, 6) is 0.750. The van der Waals surface area contributed by atoms with Crippen molar-refractivity contribution in [2.75, 3.05) is 19.7 Å². The van der Waals surface area contributed by atoms with Gasteiger partial charge in [-0.3, -0.25) is 9.59 Å². The molecule has 1 aliphatic rings. The summed E-state index contributed by atoms with van der Waals surface area (Å²) in [5.41, 5.74) is 3.01. The summed E-state index contributed by atoms with van der Waals surface area (Å²) >= 11 is 0. The first-order chi connectivity index (χ1) is 15.9. The Hall–Kier alpha value is -3.42. The van der Waals surface area contributed by atoms with E-state index in [9.17, 15) is 9.59 Å². The topological polar surface area (TPSA) is 97.6 Å². The van der Waals surface area contributed by atoms with E-state index < -0.39 is 0 Å². The van der Waals surface area contributed by atoms with Gasteiger partial charge in [-0.15, -0.1) is 0 Å². The highest BCUT2D eigenvalue weighted by Crippen LogP contribution is 2.25. The third-order valence-corrected chi connectivity index (χ3v) is 6.00. The van der Waals surface area contributed by atoms with Crippen LogP contribution < -0.4 is 10.1 Å². The molecule has 3 heterocycles. The number of nitrogens with zero attached hydrogens (tertiary/aromatic N) is 3. The van der Waals surface area contributed by atoms with Crippen LogP contribution in [0.2, 0.25) is 0 Å². The number of benzene rings is 1. The predicted molar refractivity (Wildman–Crippen MR) is 125 cm³/mol. The van der Waals surface area contributed by atoms with Crippen molar-refractivity contribution >= 4 is 22.9 Å². The van der Waals surface area contributed by atoms with E-state index in [-0.39, 0.29) is 23.8 Å². The van der Waals surface area contributed by atoms with Crippen LogP contribution >= 0.6 is 0 Å². The van der Waals surface area contributed by atoms with Gasteiger partial charge < -0.3 is 19.5 Å². The molecule has 0 aliphatic carbocycles. The summed E-state index contributed by atoms with van der Waals surface area (Å²) in [5, 5.41) is 7.78. The van der Waals surface area contributed by atoms with Crippen molar-refractivity contribution in [1.82, 2.24) is 20.4 Å². The molecular weight excluding hydrogens is 420 g/mol. The van der Waals surface area contributed by atoms with E-state index in [1.54, 1.807) is 12.1 Å². The van der Waals surface area contributed by atoms with Crippen LogP contribution in [-0.4, -0.2) is 52.6 Å². The minimum atomic E-state index is -0.160. The average molecular weight is 451 g/mol. The summed E-state index contributed by atoms with van der Waals surface area (Å²) in [7, 11) is 0. The second-order valence-corrected chi connectivity index (χ2v) is 8.69. The van der Waals surface area contributed by atoms with Gasteiger partial charge in [0.1, 0.15) is 5.75 Å². The van der Waals surface area contributed by atoms with E-state index in [1.165, 1.54) is 0 Å². The van der Waals surface area contributed by atoms with Crippen molar-refractivity contribution < 1.29 is 18.8 Å². The Kier molecular flexibility index (Phi) is 6.62. The monoisotopic (exact) mass is 450 g/mol. The van der Waals surface area contributed by atoms with E-state index in [0.717, 1.165) is 11.4 Å². The number of aryl methyl sites for hydroxylation is 1. The molecule has 1 aliphatic heterocycles. The Morgan fingerprint density at radius 1 is 1.21 bits per heavy atom. The fraction of sp³-hybridized carbons (Fsp3) is 0.440. The number of carbonyl (C=O) groups is 2. The molecule has 33 heavy (non-hydrogen) atoms. The second kappa shape index (κ2) is 9.60. The first kappa shape index (κ1) is 22.8. The number of rotatable bonds is 6. The van der Waals surface area contributed by atoms with Gasteiger partial charge in [-0.05, 0) is 62.9 Å². The maximum Gasteiger partial charge on any atom is 0.259 e. The van der Waals surface area contributed by atoms with E-state index in [4.69, 9.17) is 9.26 Å². The van der Waals surface area contributed by atoms with Crippen molar-refractivity contribution in [3.8, 4) is 5.75 Å². The smallest absolute Gasteiger partial charge is 0.259 e. The average Bonchev–Trinajstić information content (AvgIpc) is 3.20. The van der Waals surface area contributed by atoms with E-state index in [1.807, 2.05) is 50.8 Å². The molecule has 1 N–H and O–H groups in total. The van der Waals surface area contributed by atoms with Gasteiger partial charge in [0.25, 0.3) is 17.5 Å². The van der Waals surface area contributed by atoms with Crippen molar-refractivity contribution in [3.05, 3.63) is 52.8 Å². The largest absolute Gasteiger partial charge is 0.494 e. The standard InChI is InChI=1S/C25H30N4O4/c1-5-32-19-8-6-17(7-9-19)25(31)29-12-10-18(11-13-29)26-23(30)20-14-21(15(2)3)27-24-22(20)16(4)28-33-24/h6-9,14-15,18H,5,10-13H2,1-4H3,(H,26,30). The highest BCUT2D eigenvalue weighted by atomic mass is 16.5. The molecular formula is C25H30N4O4. The Bertz CT molecular complexity index is 1150. The number of carbonyl (C=O) groups excluding carboxylic acids is 2. The fourth-order valence-electron chi connectivity index (χ4n) is 4.12. The molecule has 1 fully saturated rings. The number of likely N-dealkylation sites (tertiary alicyclic amines) is 1. The van der Waals surface area contributed by atoms with Crippen LogP contribution in [-0.2, 0) is 0 Å². The van der Waals surface area contributed by atoms with Crippen molar-refractivity contribution in [2.45, 2.75) is 52.5 Å². The molecule has 3 aromatic rings. The van der Waals surface area contributed by atoms with E-state index in [2.05, 4.69) is 15.5 Å². The fourth-order valence-corrected chi connectivity index (χ4v) is 4.12. The molecule has 2 aromatic heterocycles. The summed E-state index contributed by atoms with van der Waals surface area (Å²) in [6, 6.07) is 9.05. The van der Waals surface area contributed by atoms with Crippen LogP contribution in [0.4, 0.5) is 0 Å². The van der Waals surface area contributed by atoms with Crippen molar-refractivity contribution in [1.29, 1.82) is 0 Å². The summed E-state index contributed by atoms with van der Waals surface area (Å²) in [6.07, 6.45) is 1.39. The second-order valence-electron chi connectivity index (χ2n) is 8.69. The molecule has 8 heteroatoms. The van der Waals surface area contributed by atoms with Crippen LogP contribution in [0, 0.1) is 6.92 Å². The van der Waals surface area contributed by atoms with E-state index >= 15 is 0 Å². The van der Waals surface area contributed by atoms with Gasteiger partial charge in [-0.1, -0.05) is 19.0 Å². The van der Waals surface area contributed by atoms with Gasteiger partial charge in [0.05, 0.1) is 23.3 Å². The zero-order valence-corrected chi connectivity index (χ0v) is 19.6. The van der Waals surface area contributed by atoms with Gasteiger partial charge in [0.2, 0.25) is 0 Å². The molecule has 0 saturated carbocycles. The number of amides is 2. The maximum absolute atomic E-state index is 13.2. The lowest BCUT2D eigenvalue weighted by Gasteiger charge is -2.32. The first-order valence-electron chi connectivity index (χ1n) is 11.5. The normalized spacial score (nSPS) is 14.6. The number of ether oxygens (including phenoxy) is 1. The van der Waals surface area contributed by atoms with Gasteiger partial charge >= 0.3 is 0 Å². The van der Waals surface area contributed by atoms with Crippen molar-refractivity contribution in [3.63, 3.8) is 0 Å². The van der Waals surface area contributed by atoms with Crippen LogP contribution in [0.15, 0.2) is 34.9 Å². The molecule has 0 bridgehead atoms. The Labute approximate surface area is 193 Å². The molecule has 2 amide bonds. The first-order valence-corrected chi connectivity index (χ1v) is 11.5. The lowest BCUT2D eigenvalue weighted by Crippen LogP contribution is -2.46. The molecule has 4 rings (SSSR count). The molecule has 174 valence electrons. The van der Waals surface area contributed by atoms with E-state index in [0.29, 0.717) is 60.5 Å². The number of aromatic nitrogens is 2. The Morgan fingerprint density at radius 2 is 1.91 bits per heavy atom. The summed E-state index contributed by atoms with van der Waals surface area (Å²) in [4.78, 5) is 32.4. The van der Waals surface area contributed by atoms with Crippen LogP contribution in [0.25, 0.3) is 11.1 Å².